The minimum atomic E-state index is 0.608. The first-order valence-electron chi connectivity index (χ1n) is 15.9. The van der Waals surface area contributed by atoms with Gasteiger partial charge in [-0.1, -0.05) is 84.9 Å². The number of fused-ring (bicyclic) bond motifs is 7. The van der Waals surface area contributed by atoms with E-state index in [9.17, 15) is 0 Å². The summed E-state index contributed by atoms with van der Waals surface area (Å²) in [6, 6.07) is 49.8. The van der Waals surface area contributed by atoms with Gasteiger partial charge in [-0.2, -0.15) is 0 Å². The fraction of sp³-hybridized carbons (Fsp3) is 0. The van der Waals surface area contributed by atoms with Gasteiger partial charge in [0.15, 0.2) is 17.5 Å². The summed E-state index contributed by atoms with van der Waals surface area (Å²) in [6.45, 7) is 0. The zero-order valence-corrected chi connectivity index (χ0v) is 25.6. The Morgan fingerprint density at radius 3 is 2.02 bits per heavy atom. The number of para-hydroxylation sites is 1. The predicted molar refractivity (Wildman–Crippen MR) is 193 cm³/mol. The minimum absolute atomic E-state index is 0.608. The Bertz CT molecular complexity index is 2800. The highest BCUT2D eigenvalue weighted by Crippen LogP contribution is 2.36. The van der Waals surface area contributed by atoms with E-state index >= 15 is 0 Å². The highest BCUT2D eigenvalue weighted by molar-refractivity contribution is 6.09. The maximum absolute atomic E-state index is 6.45. The van der Waals surface area contributed by atoms with E-state index in [-0.39, 0.29) is 0 Å². The van der Waals surface area contributed by atoms with Gasteiger partial charge in [-0.3, -0.25) is 4.57 Å². The van der Waals surface area contributed by atoms with Crippen LogP contribution < -0.4 is 0 Å². The van der Waals surface area contributed by atoms with Gasteiger partial charge in [0, 0.05) is 50.5 Å². The van der Waals surface area contributed by atoms with Gasteiger partial charge in [-0.25, -0.2) is 19.9 Å². The molecule has 0 saturated carbocycles. The Morgan fingerprint density at radius 1 is 0.438 bits per heavy atom. The van der Waals surface area contributed by atoms with E-state index < -0.39 is 0 Å². The fourth-order valence-corrected chi connectivity index (χ4v) is 6.78. The lowest BCUT2D eigenvalue weighted by molar-refractivity contribution is 0.668. The monoisotopic (exact) mass is 615 g/mol. The van der Waals surface area contributed by atoms with E-state index in [0.29, 0.717) is 17.5 Å². The molecule has 0 aliphatic carbocycles. The van der Waals surface area contributed by atoms with Crippen LogP contribution in [0.15, 0.2) is 156 Å². The first kappa shape index (κ1) is 26.5. The van der Waals surface area contributed by atoms with E-state index in [2.05, 4.69) is 95.6 Å². The van der Waals surface area contributed by atoms with Crippen molar-refractivity contribution >= 4 is 54.6 Å². The van der Waals surface area contributed by atoms with Crippen LogP contribution in [0.3, 0.4) is 0 Å². The molecule has 48 heavy (non-hydrogen) atoms. The van der Waals surface area contributed by atoms with Crippen molar-refractivity contribution in [1.82, 2.24) is 24.5 Å². The number of benzene rings is 6. The minimum Gasteiger partial charge on any atom is -0.456 e. The Balaban J connectivity index is 1.13. The van der Waals surface area contributed by atoms with Gasteiger partial charge < -0.3 is 4.42 Å². The lowest BCUT2D eigenvalue weighted by Gasteiger charge is -2.09. The molecule has 6 heteroatoms. The highest BCUT2D eigenvalue weighted by Gasteiger charge is 2.17. The standard InChI is InChI=1S/C42H25N5O/c1-2-10-27(11-3-1)39-44-40(29-17-16-26-9-4-5-12-28(26)23-29)46-41(45-39)30-18-21-37-35(24-30)33-20-19-31(25-38(33)48-37)47-36-15-7-6-13-32(36)34-14-8-22-43-42(34)47/h1-25H. The summed E-state index contributed by atoms with van der Waals surface area (Å²) in [6.07, 6.45) is 1.84. The van der Waals surface area contributed by atoms with Gasteiger partial charge in [-0.15, -0.1) is 0 Å². The summed E-state index contributed by atoms with van der Waals surface area (Å²) >= 11 is 0. The van der Waals surface area contributed by atoms with Gasteiger partial charge in [0.2, 0.25) is 0 Å². The highest BCUT2D eigenvalue weighted by atomic mass is 16.3. The van der Waals surface area contributed by atoms with Crippen molar-refractivity contribution in [3.8, 4) is 39.9 Å². The molecular formula is C42H25N5O. The lowest BCUT2D eigenvalue weighted by Crippen LogP contribution is -2.00. The summed E-state index contributed by atoms with van der Waals surface area (Å²) in [4.78, 5) is 19.7. The average Bonchev–Trinajstić information content (AvgIpc) is 3.69. The van der Waals surface area contributed by atoms with Crippen molar-refractivity contribution in [2.45, 2.75) is 0 Å². The Hall–Kier alpha value is -6.66. The number of furan rings is 1. The molecule has 0 radical (unpaired) electrons. The number of aromatic nitrogens is 5. The van der Waals surface area contributed by atoms with Gasteiger partial charge in [-0.05, 0) is 65.4 Å². The topological polar surface area (TPSA) is 69.6 Å². The van der Waals surface area contributed by atoms with E-state index in [1.54, 1.807) is 0 Å². The molecule has 0 unspecified atom stereocenters. The molecule has 0 N–H and O–H groups in total. The molecule has 0 spiro atoms. The fourth-order valence-electron chi connectivity index (χ4n) is 6.78. The van der Waals surface area contributed by atoms with Gasteiger partial charge in [0.05, 0.1) is 11.2 Å². The summed E-state index contributed by atoms with van der Waals surface area (Å²) in [5.41, 5.74) is 7.40. The van der Waals surface area contributed by atoms with Gasteiger partial charge in [0.1, 0.15) is 16.8 Å². The second kappa shape index (κ2) is 10.4. The largest absolute Gasteiger partial charge is 0.456 e. The molecule has 0 aliphatic heterocycles. The maximum Gasteiger partial charge on any atom is 0.164 e. The molecule has 6 aromatic carbocycles. The number of hydrogen-bond acceptors (Lipinski definition) is 5. The van der Waals surface area contributed by atoms with E-state index in [4.69, 9.17) is 24.4 Å². The molecule has 0 amide bonds. The molecule has 0 aliphatic rings. The molecule has 6 nitrogen and oxygen atoms in total. The summed E-state index contributed by atoms with van der Waals surface area (Å²) in [7, 11) is 0. The van der Waals surface area contributed by atoms with Gasteiger partial charge in [0.25, 0.3) is 0 Å². The lowest BCUT2D eigenvalue weighted by atomic mass is 10.1. The molecule has 10 rings (SSSR count). The van der Waals surface area contributed by atoms with Crippen molar-refractivity contribution in [2.24, 2.45) is 0 Å². The molecule has 224 valence electrons. The zero-order valence-electron chi connectivity index (χ0n) is 25.6. The molecule has 0 atom stereocenters. The van der Waals surface area contributed by atoms with Crippen LogP contribution in [0, 0.1) is 0 Å². The third kappa shape index (κ3) is 4.20. The number of pyridine rings is 1. The van der Waals surface area contributed by atoms with Crippen LogP contribution in [-0.2, 0) is 0 Å². The van der Waals surface area contributed by atoms with Crippen LogP contribution in [0.2, 0.25) is 0 Å². The Kier molecular flexibility index (Phi) is 5.77. The summed E-state index contributed by atoms with van der Waals surface area (Å²) in [5.74, 6) is 1.87. The normalized spacial score (nSPS) is 11.8. The third-order valence-corrected chi connectivity index (χ3v) is 9.08. The van der Waals surface area contributed by atoms with Crippen LogP contribution in [0.1, 0.15) is 0 Å². The quantitative estimate of drug-likeness (QED) is 0.197. The maximum atomic E-state index is 6.45. The molecular weight excluding hydrogens is 590 g/mol. The molecule has 4 heterocycles. The Labute approximate surface area is 274 Å². The van der Waals surface area contributed by atoms with Crippen LogP contribution >= 0.6 is 0 Å². The predicted octanol–water partition coefficient (Wildman–Crippen LogP) is 10.4. The molecule has 0 bridgehead atoms. The third-order valence-electron chi connectivity index (χ3n) is 9.08. The summed E-state index contributed by atoms with van der Waals surface area (Å²) in [5, 5.41) is 6.64. The van der Waals surface area contributed by atoms with Crippen LogP contribution in [0.5, 0.6) is 0 Å². The average molecular weight is 616 g/mol. The molecule has 0 fully saturated rings. The van der Waals surface area contributed by atoms with Crippen LogP contribution in [-0.4, -0.2) is 24.5 Å². The second-order valence-corrected chi connectivity index (χ2v) is 12.0. The molecule has 4 aromatic heterocycles. The van der Waals surface area contributed by atoms with E-state index in [1.807, 2.05) is 60.8 Å². The van der Waals surface area contributed by atoms with Gasteiger partial charge >= 0.3 is 0 Å². The van der Waals surface area contributed by atoms with Crippen LogP contribution in [0.25, 0.3) is 94.5 Å². The van der Waals surface area contributed by atoms with Crippen molar-refractivity contribution in [3.05, 3.63) is 152 Å². The van der Waals surface area contributed by atoms with E-state index in [1.165, 1.54) is 10.8 Å². The van der Waals surface area contributed by atoms with Crippen molar-refractivity contribution < 1.29 is 4.42 Å². The van der Waals surface area contributed by atoms with Crippen molar-refractivity contribution in [3.63, 3.8) is 0 Å². The zero-order chi connectivity index (χ0) is 31.6. The van der Waals surface area contributed by atoms with Crippen molar-refractivity contribution in [2.75, 3.05) is 0 Å². The second-order valence-electron chi connectivity index (χ2n) is 12.0. The smallest absolute Gasteiger partial charge is 0.164 e. The van der Waals surface area contributed by atoms with Crippen molar-refractivity contribution in [1.29, 1.82) is 0 Å². The SMILES string of the molecule is c1ccc(-c2nc(-c3ccc4ccccc4c3)nc(-c3ccc4oc5cc(-n6c7ccccc7c7cccnc76)ccc5c4c3)n2)cc1. The number of nitrogens with zero attached hydrogens (tertiary/aromatic N) is 5. The molecule has 0 saturated heterocycles. The van der Waals surface area contributed by atoms with Crippen LogP contribution in [0.4, 0.5) is 0 Å². The Morgan fingerprint density at radius 2 is 1.15 bits per heavy atom. The summed E-state index contributed by atoms with van der Waals surface area (Å²) < 4.78 is 8.65. The molecule has 10 aromatic rings. The first-order valence-corrected chi connectivity index (χ1v) is 15.9. The van der Waals surface area contributed by atoms with E-state index in [0.717, 1.165) is 66.3 Å². The first-order chi connectivity index (χ1) is 23.8. The number of rotatable bonds is 4. The number of hydrogen-bond donors (Lipinski definition) is 0.